The van der Waals surface area contributed by atoms with Crippen LogP contribution in [0, 0.1) is 0 Å². The van der Waals surface area contributed by atoms with Gasteiger partial charge in [-0.15, -0.1) is 0 Å². The van der Waals surface area contributed by atoms with Gasteiger partial charge in [0.1, 0.15) is 12.0 Å². The van der Waals surface area contributed by atoms with E-state index in [1.54, 1.807) is 18.4 Å². The number of anilines is 1. The highest BCUT2D eigenvalue weighted by Crippen LogP contribution is 2.20. The fourth-order valence-electron chi connectivity index (χ4n) is 3.17. The van der Waals surface area contributed by atoms with Crippen molar-refractivity contribution >= 4 is 23.2 Å². The number of halogens is 1. The van der Waals surface area contributed by atoms with E-state index in [0.717, 1.165) is 31.2 Å². The molecule has 0 aliphatic carbocycles. The van der Waals surface area contributed by atoms with Crippen molar-refractivity contribution in [1.29, 1.82) is 0 Å². The van der Waals surface area contributed by atoms with Gasteiger partial charge in [-0.2, -0.15) is 0 Å². The summed E-state index contributed by atoms with van der Waals surface area (Å²) < 4.78 is 10.7. The second-order valence-electron chi connectivity index (χ2n) is 6.63. The van der Waals surface area contributed by atoms with E-state index in [1.165, 1.54) is 12.0 Å². The number of furan rings is 1. The number of oxazole rings is 1. The third-order valence-corrected chi connectivity index (χ3v) is 4.96. The monoisotopic (exact) mass is 400 g/mol. The lowest BCUT2D eigenvalue weighted by atomic mass is 10.2. The molecule has 3 aromatic rings. The highest BCUT2D eigenvalue weighted by atomic mass is 35.5. The van der Waals surface area contributed by atoms with Gasteiger partial charge in [-0.25, -0.2) is 4.98 Å². The summed E-state index contributed by atoms with van der Waals surface area (Å²) in [5.74, 6) is 0.956. The van der Waals surface area contributed by atoms with Crippen molar-refractivity contribution in [2.45, 2.75) is 13.1 Å². The Kier molecular flexibility index (Phi) is 5.64. The first kappa shape index (κ1) is 18.6. The van der Waals surface area contributed by atoms with Crippen molar-refractivity contribution in [3.63, 3.8) is 0 Å². The van der Waals surface area contributed by atoms with Crippen LogP contribution >= 0.6 is 11.6 Å². The van der Waals surface area contributed by atoms with Gasteiger partial charge < -0.3 is 19.1 Å². The Hall–Kier alpha value is -2.77. The van der Waals surface area contributed by atoms with Gasteiger partial charge in [0, 0.05) is 36.9 Å². The third kappa shape index (κ3) is 4.55. The molecule has 1 fully saturated rings. The van der Waals surface area contributed by atoms with Gasteiger partial charge in [0.25, 0.3) is 5.91 Å². The van der Waals surface area contributed by atoms with Crippen LogP contribution in [0.5, 0.6) is 0 Å². The Morgan fingerprint density at radius 1 is 1.11 bits per heavy atom. The number of carbonyl (C=O) groups excluding carboxylic acids is 1. The Morgan fingerprint density at radius 3 is 2.61 bits per heavy atom. The smallest absolute Gasteiger partial charge is 0.273 e. The lowest BCUT2D eigenvalue weighted by molar-refractivity contribution is 0.0943. The second-order valence-corrected chi connectivity index (χ2v) is 7.06. The average molecular weight is 401 g/mol. The first-order valence-electron chi connectivity index (χ1n) is 9.15. The zero-order valence-corrected chi connectivity index (χ0v) is 16.1. The van der Waals surface area contributed by atoms with E-state index in [2.05, 4.69) is 20.1 Å². The molecule has 0 unspecified atom stereocenters. The van der Waals surface area contributed by atoms with Crippen LogP contribution in [-0.4, -0.2) is 42.0 Å². The number of nitrogens with zero attached hydrogens (tertiary/aromatic N) is 3. The van der Waals surface area contributed by atoms with Crippen LogP contribution in [0.4, 0.5) is 5.69 Å². The molecular formula is C20H21ClN4O3. The number of aromatic nitrogens is 1. The molecule has 0 bridgehead atoms. The van der Waals surface area contributed by atoms with E-state index in [4.69, 9.17) is 20.4 Å². The van der Waals surface area contributed by atoms with E-state index in [0.29, 0.717) is 24.7 Å². The van der Waals surface area contributed by atoms with Gasteiger partial charge in [-0.3, -0.25) is 9.69 Å². The molecule has 0 saturated carbocycles. The lowest BCUT2D eigenvalue weighted by Gasteiger charge is -2.35. The molecule has 28 heavy (non-hydrogen) atoms. The van der Waals surface area contributed by atoms with E-state index < -0.39 is 0 Å². The summed E-state index contributed by atoms with van der Waals surface area (Å²) in [6, 6.07) is 11.5. The highest BCUT2D eigenvalue weighted by molar-refractivity contribution is 6.30. The van der Waals surface area contributed by atoms with Crippen molar-refractivity contribution in [3.05, 3.63) is 71.3 Å². The number of nitrogens with one attached hydrogen (secondary N) is 1. The molecule has 2 aromatic heterocycles. The van der Waals surface area contributed by atoms with Crippen LogP contribution in [0.25, 0.3) is 0 Å². The molecule has 1 saturated heterocycles. The van der Waals surface area contributed by atoms with Gasteiger partial charge in [0.15, 0.2) is 5.69 Å². The van der Waals surface area contributed by atoms with Crippen LogP contribution in [0.15, 0.2) is 57.8 Å². The summed E-state index contributed by atoms with van der Waals surface area (Å²) in [6.45, 7) is 4.52. The molecule has 1 aliphatic heterocycles. The van der Waals surface area contributed by atoms with Gasteiger partial charge >= 0.3 is 0 Å². The largest absolute Gasteiger partial charge is 0.467 e. The number of hydrogen-bond donors (Lipinski definition) is 1. The molecule has 1 aromatic carbocycles. The van der Waals surface area contributed by atoms with Crippen LogP contribution in [0.1, 0.15) is 22.1 Å². The molecule has 1 N–H and O–H groups in total. The maximum Gasteiger partial charge on any atom is 0.273 e. The van der Waals surface area contributed by atoms with Gasteiger partial charge in [-0.05, 0) is 36.4 Å². The van der Waals surface area contributed by atoms with E-state index in [1.807, 2.05) is 24.3 Å². The van der Waals surface area contributed by atoms with Crippen molar-refractivity contribution < 1.29 is 13.6 Å². The van der Waals surface area contributed by atoms with Crippen molar-refractivity contribution in [1.82, 2.24) is 15.2 Å². The van der Waals surface area contributed by atoms with Crippen molar-refractivity contribution in [2.24, 2.45) is 0 Å². The Morgan fingerprint density at radius 2 is 1.89 bits per heavy atom. The Balaban J connectivity index is 1.26. The standard InChI is InChI=1S/C20H21ClN4O3/c21-15-3-5-16(6-4-15)25-9-7-24(8-10-25)13-19-23-18(14-28-19)20(26)22-12-17-2-1-11-27-17/h1-6,11,14H,7-10,12-13H2,(H,22,26). The van der Waals surface area contributed by atoms with Gasteiger partial charge in [-0.1, -0.05) is 11.6 Å². The topological polar surface area (TPSA) is 74.8 Å². The summed E-state index contributed by atoms with van der Waals surface area (Å²) in [5, 5.41) is 3.51. The number of carbonyl (C=O) groups is 1. The van der Waals surface area contributed by atoms with Crippen molar-refractivity contribution in [2.75, 3.05) is 31.1 Å². The Bertz CT molecular complexity index is 900. The summed E-state index contributed by atoms with van der Waals surface area (Å²) in [5.41, 5.74) is 1.46. The number of hydrogen-bond acceptors (Lipinski definition) is 6. The predicted molar refractivity (Wildman–Crippen MR) is 105 cm³/mol. The summed E-state index contributed by atoms with van der Waals surface area (Å²) in [7, 11) is 0. The van der Waals surface area contributed by atoms with Crippen LogP contribution in [-0.2, 0) is 13.1 Å². The molecule has 1 amide bonds. The second kappa shape index (κ2) is 8.50. The zero-order chi connectivity index (χ0) is 19.3. The minimum atomic E-state index is -0.279. The fourth-order valence-corrected chi connectivity index (χ4v) is 3.29. The normalized spacial score (nSPS) is 15.0. The molecule has 1 aliphatic rings. The summed E-state index contributed by atoms with van der Waals surface area (Å²) in [4.78, 5) is 21.1. The molecule has 0 spiro atoms. The fraction of sp³-hybridized carbons (Fsp3) is 0.300. The molecule has 0 radical (unpaired) electrons. The Labute approximate surface area is 167 Å². The minimum Gasteiger partial charge on any atom is -0.467 e. The van der Waals surface area contributed by atoms with Crippen LogP contribution in [0.3, 0.4) is 0 Å². The van der Waals surface area contributed by atoms with E-state index >= 15 is 0 Å². The highest BCUT2D eigenvalue weighted by Gasteiger charge is 2.20. The van der Waals surface area contributed by atoms with Crippen LogP contribution in [0.2, 0.25) is 5.02 Å². The quantitative estimate of drug-likeness (QED) is 0.685. The van der Waals surface area contributed by atoms with E-state index in [-0.39, 0.29) is 11.6 Å². The molecule has 7 nitrogen and oxygen atoms in total. The zero-order valence-electron chi connectivity index (χ0n) is 15.3. The van der Waals surface area contributed by atoms with E-state index in [9.17, 15) is 4.79 Å². The van der Waals surface area contributed by atoms with Gasteiger partial charge in [0.05, 0.1) is 19.4 Å². The first-order valence-corrected chi connectivity index (χ1v) is 9.53. The maximum absolute atomic E-state index is 12.2. The SMILES string of the molecule is O=C(NCc1ccco1)c1coc(CN2CCN(c3ccc(Cl)cc3)CC2)n1. The molecule has 4 rings (SSSR count). The average Bonchev–Trinajstić information content (AvgIpc) is 3.40. The summed E-state index contributed by atoms with van der Waals surface area (Å²) in [6.07, 6.45) is 2.97. The third-order valence-electron chi connectivity index (χ3n) is 4.71. The number of piperazine rings is 1. The number of rotatable bonds is 6. The summed E-state index contributed by atoms with van der Waals surface area (Å²) >= 11 is 5.96. The molecular weight excluding hydrogens is 380 g/mol. The first-order chi connectivity index (χ1) is 13.7. The molecule has 0 atom stereocenters. The number of benzene rings is 1. The maximum atomic E-state index is 12.2. The predicted octanol–water partition coefficient (Wildman–Crippen LogP) is 3.17. The minimum absolute atomic E-state index is 0.279. The van der Waals surface area contributed by atoms with Crippen molar-refractivity contribution in [3.8, 4) is 0 Å². The van der Waals surface area contributed by atoms with Crippen LogP contribution < -0.4 is 10.2 Å². The number of amides is 1. The lowest BCUT2D eigenvalue weighted by Crippen LogP contribution is -2.46. The van der Waals surface area contributed by atoms with Gasteiger partial charge in [0.2, 0.25) is 5.89 Å². The molecule has 3 heterocycles. The molecule has 8 heteroatoms. The molecule has 146 valence electrons.